The second kappa shape index (κ2) is 4.93. The van der Waals surface area contributed by atoms with E-state index in [-0.39, 0.29) is 21.6 Å². The van der Waals surface area contributed by atoms with Gasteiger partial charge in [-0.2, -0.15) is 0 Å². The summed E-state index contributed by atoms with van der Waals surface area (Å²) in [6.07, 6.45) is 0.908. The minimum atomic E-state index is -0.0494. The van der Waals surface area contributed by atoms with Crippen molar-refractivity contribution in [3.63, 3.8) is 0 Å². The van der Waals surface area contributed by atoms with Gasteiger partial charge in [0.1, 0.15) is 0 Å². The van der Waals surface area contributed by atoms with Gasteiger partial charge in [-0.1, -0.05) is 6.92 Å². The molecule has 0 saturated heterocycles. The Morgan fingerprint density at radius 3 is 2.44 bits per heavy atom. The molecule has 0 amide bonds. The zero-order valence-electron chi connectivity index (χ0n) is 5.89. The summed E-state index contributed by atoms with van der Waals surface area (Å²) in [6, 6.07) is 0. The molecule has 0 aliphatic heterocycles. The molecule has 0 aromatic heterocycles. The zero-order valence-corrected chi connectivity index (χ0v) is 6.89. The Labute approximate surface area is 58.6 Å². The average Bonchev–Trinajstić information content (AvgIpc) is 1.82. The summed E-state index contributed by atoms with van der Waals surface area (Å²) >= 11 is 0. The van der Waals surface area contributed by atoms with Crippen LogP contribution < -0.4 is 11.1 Å². The molecule has 0 rings (SSSR count). The lowest BCUT2D eigenvalue weighted by atomic mass is 10.4. The minimum Gasteiger partial charge on any atom is -0.430 e. The number of hydrogen-bond acceptors (Lipinski definition) is 3. The van der Waals surface area contributed by atoms with Crippen molar-refractivity contribution in [1.29, 1.82) is 0 Å². The van der Waals surface area contributed by atoms with Gasteiger partial charge in [0.2, 0.25) is 9.76 Å². The highest BCUT2D eigenvalue weighted by atomic mass is 28.2. The van der Waals surface area contributed by atoms with Crippen LogP contribution in [0.25, 0.3) is 0 Å². The third-order valence-corrected chi connectivity index (χ3v) is 1.91. The van der Waals surface area contributed by atoms with Crippen molar-refractivity contribution < 1.29 is 4.80 Å². The Kier molecular flexibility index (Phi) is 4.98. The van der Waals surface area contributed by atoms with Gasteiger partial charge in [-0.25, -0.2) is 0 Å². The van der Waals surface area contributed by atoms with Gasteiger partial charge in [-0.05, 0) is 13.3 Å². The lowest BCUT2D eigenvalue weighted by molar-refractivity contribution is 0.482. The molecule has 0 saturated carbocycles. The molecule has 4 N–H and O–H groups in total. The number of hydrogen-bond donors (Lipinski definition) is 3. The molecule has 54 valence electrons. The molecule has 0 aromatic carbocycles. The monoisotopic (exact) mass is 146 g/mol. The van der Waals surface area contributed by atoms with Crippen LogP contribution in [0.3, 0.4) is 0 Å². The molecule has 0 fully saturated rings. The van der Waals surface area contributed by atoms with E-state index < -0.39 is 0 Å². The van der Waals surface area contributed by atoms with Crippen LogP contribution in [0, 0.1) is 0 Å². The van der Waals surface area contributed by atoms with Crippen LogP contribution in [0.4, 0.5) is 0 Å². The molecule has 3 nitrogen and oxygen atoms in total. The van der Waals surface area contributed by atoms with Crippen LogP contribution >= 0.6 is 0 Å². The highest BCUT2D eigenvalue weighted by molar-refractivity contribution is 6.27. The first-order valence-corrected chi connectivity index (χ1v) is 4.14. The molecular weight excluding hydrogens is 132 g/mol. The van der Waals surface area contributed by atoms with Crippen molar-refractivity contribution in [2.45, 2.75) is 32.1 Å². The van der Waals surface area contributed by atoms with Crippen molar-refractivity contribution in [2.24, 2.45) is 5.73 Å². The molecule has 9 heavy (non-hydrogen) atoms. The molecule has 0 spiro atoms. The van der Waals surface area contributed by atoms with Gasteiger partial charge in [0.05, 0.1) is 6.17 Å². The van der Waals surface area contributed by atoms with Gasteiger partial charge < -0.3 is 10.5 Å². The fourth-order valence-electron chi connectivity index (χ4n) is 0.564. The van der Waals surface area contributed by atoms with E-state index in [9.17, 15) is 0 Å². The first kappa shape index (κ1) is 9.10. The maximum absolute atomic E-state index is 8.68. The quantitative estimate of drug-likeness (QED) is 0.360. The molecule has 0 aliphatic carbocycles. The van der Waals surface area contributed by atoms with Crippen LogP contribution in [0.15, 0.2) is 0 Å². The summed E-state index contributed by atoms with van der Waals surface area (Å²) in [6.45, 7) is 3.88. The first-order valence-electron chi connectivity index (χ1n) is 3.12. The maximum Gasteiger partial charge on any atom is 0.243 e. The van der Waals surface area contributed by atoms with E-state index in [1.54, 1.807) is 0 Å². The summed E-state index contributed by atoms with van der Waals surface area (Å²) in [5.74, 6) is 0. The Balaban J connectivity index is 3.31. The van der Waals surface area contributed by atoms with E-state index in [0.29, 0.717) is 0 Å². The lowest BCUT2D eigenvalue weighted by Gasteiger charge is -2.15. The van der Waals surface area contributed by atoms with Crippen molar-refractivity contribution in [3.05, 3.63) is 0 Å². The Hall–Kier alpha value is 0.0969. The number of rotatable bonds is 4. The molecular formula is C5H14N2OSi. The molecule has 2 atom stereocenters. The van der Waals surface area contributed by atoms with E-state index in [2.05, 4.69) is 5.32 Å². The third-order valence-electron chi connectivity index (χ3n) is 1.03. The largest absolute Gasteiger partial charge is 0.430 e. The number of nitrogens with two attached hydrogens (primary N) is 1. The third kappa shape index (κ3) is 4.59. The molecule has 0 aromatic rings. The van der Waals surface area contributed by atoms with E-state index in [4.69, 9.17) is 10.5 Å². The Morgan fingerprint density at radius 2 is 2.33 bits per heavy atom. The average molecular weight is 146 g/mol. The van der Waals surface area contributed by atoms with Crippen LogP contribution in [0.5, 0.6) is 0 Å². The molecule has 0 bridgehead atoms. The predicted molar refractivity (Wildman–Crippen MR) is 38.8 cm³/mol. The normalized spacial score (nSPS) is 17.3. The zero-order chi connectivity index (χ0) is 7.28. The van der Waals surface area contributed by atoms with Gasteiger partial charge in [0.15, 0.2) is 0 Å². The van der Waals surface area contributed by atoms with Crippen LogP contribution in [0.1, 0.15) is 20.3 Å². The topological polar surface area (TPSA) is 58.3 Å². The van der Waals surface area contributed by atoms with Crippen molar-refractivity contribution in [1.82, 2.24) is 5.32 Å². The molecule has 4 heteroatoms. The second-order valence-electron chi connectivity index (χ2n) is 2.05. The fraction of sp³-hybridized carbons (Fsp3) is 1.00. The smallest absolute Gasteiger partial charge is 0.243 e. The van der Waals surface area contributed by atoms with Gasteiger partial charge in [0, 0.05) is 5.67 Å². The van der Waals surface area contributed by atoms with Crippen molar-refractivity contribution >= 4 is 9.76 Å². The van der Waals surface area contributed by atoms with Crippen LogP contribution in [-0.4, -0.2) is 26.4 Å². The van der Waals surface area contributed by atoms with Gasteiger partial charge >= 0.3 is 0 Å². The van der Waals surface area contributed by atoms with E-state index in [1.807, 2.05) is 13.8 Å². The highest BCUT2D eigenvalue weighted by Gasteiger charge is 2.05. The summed E-state index contributed by atoms with van der Waals surface area (Å²) in [4.78, 5) is 8.68. The SMILES string of the molecule is CCC(NC(C)N)[Si]O. The van der Waals surface area contributed by atoms with Gasteiger partial charge in [0.25, 0.3) is 0 Å². The van der Waals surface area contributed by atoms with Gasteiger partial charge in [-0.3, -0.25) is 5.32 Å². The Bertz CT molecular complexity index is 66.0. The summed E-state index contributed by atoms with van der Waals surface area (Å²) in [5, 5.41) is 3.02. The summed E-state index contributed by atoms with van der Waals surface area (Å²) < 4.78 is 0. The maximum atomic E-state index is 8.68. The van der Waals surface area contributed by atoms with E-state index in [1.165, 1.54) is 0 Å². The van der Waals surface area contributed by atoms with Crippen molar-refractivity contribution in [3.8, 4) is 0 Å². The fourth-order valence-corrected chi connectivity index (χ4v) is 1.08. The summed E-state index contributed by atoms with van der Waals surface area (Å²) in [7, 11) is -0.0494. The predicted octanol–water partition coefficient (Wildman–Crippen LogP) is -0.772. The van der Waals surface area contributed by atoms with Crippen LogP contribution in [-0.2, 0) is 0 Å². The first-order chi connectivity index (χ1) is 4.20. The standard InChI is InChI=1S/C5H14N2OSi/c1-3-5(9-8)7-4(2)6/h4-5,7-8H,3,6H2,1-2H3. The second-order valence-corrected chi connectivity index (χ2v) is 3.00. The van der Waals surface area contributed by atoms with E-state index in [0.717, 1.165) is 6.42 Å². The number of nitrogens with one attached hydrogen (secondary N) is 1. The highest BCUT2D eigenvalue weighted by Crippen LogP contribution is 1.86. The van der Waals surface area contributed by atoms with Crippen molar-refractivity contribution in [2.75, 3.05) is 0 Å². The lowest BCUT2D eigenvalue weighted by Crippen LogP contribution is -2.44. The van der Waals surface area contributed by atoms with Gasteiger partial charge in [-0.15, -0.1) is 0 Å². The Morgan fingerprint density at radius 1 is 1.78 bits per heavy atom. The summed E-state index contributed by atoms with van der Waals surface area (Å²) in [5.41, 5.74) is 5.61. The molecule has 0 heterocycles. The van der Waals surface area contributed by atoms with E-state index >= 15 is 0 Å². The molecule has 2 radical (unpaired) electrons. The van der Waals surface area contributed by atoms with Crippen LogP contribution in [0.2, 0.25) is 0 Å². The molecule has 0 aliphatic rings. The molecule has 2 unspecified atom stereocenters. The minimum absolute atomic E-state index is 0.0189.